The molecule has 0 amide bonds. The highest BCUT2D eigenvalue weighted by Gasteiger charge is 2.10. The molecule has 0 aliphatic rings. The van der Waals surface area contributed by atoms with E-state index >= 15 is 0 Å². The zero-order valence-electron chi connectivity index (χ0n) is 10.1. The van der Waals surface area contributed by atoms with Gasteiger partial charge in [-0.3, -0.25) is 0 Å². The minimum Gasteiger partial charge on any atom is -0.380 e. The molecule has 2 aromatic carbocycles. The first-order valence-electron chi connectivity index (χ1n) is 5.61. The summed E-state index contributed by atoms with van der Waals surface area (Å²) in [5, 5.41) is 2.84. The fourth-order valence-electron chi connectivity index (χ4n) is 1.72. The van der Waals surface area contributed by atoms with Gasteiger partial charge in [-0.25, -0.2) is 13.2 Å². The van der Waals surface area contributed by atoms with Gasteiger partial charge in [0.1, 0.15) is 17.5 Å². The average molecular weight is 330 g/mol. The fraction of sp³-hybridized carbons (Fsp3) is 0.143. The third kappa shape index (κ3) is 3.10. The molecular weight excluding hydrogens is 319 g/mol. The van der Waals surface area contributed by atoms with Crippen molar-refractivity contribution in [2.75, 3.05) is 5.32 Å². The van der Waals surface area contributed by atoms with Gasteiger partial charge in [-0.2, -0.15) is 0 Å². The molecule has 0 unspecified atom stereocenters. The van der Waals surface area contributed by atoms with Gasteiger partial charge in [0.2, 0.25) is 0 Å². The minimum atomic E-state index is -0.622. The normalized spacial score (nSPS) is 10.6. The Hall–Kier alpha value is -1.49. The summed E-state index contributed by atoms with van der Waals surface area (Å²) in [6.07, 6.45) is 0. The summed E-state index contributed by atoms with van der Waals surface area (Å²) in [5.41, 5.74) is 1.22. The Labute approximate surface area is 117 Å². The van der Waals surface area contributed by atoms with Crippen molar-refractivity contribution < 1.29 is 13.2 Å². The molecule has 0 aliphatic carbocycles. The van der Waals surface area contributed by atoms with Crippen LogP contribution in [0, 0.1) is 24.4 Å². The Balaban J connectivity index is 2.22. The van der Waals surface area contributed by atoms with E-state index in [-0.39, 0.29) is 12.1 Å². The quantitative estimate of drug-likeness (QED) is 0.853. The molecule has 0 aromatic heterocycles. The molecule has 1 N–H and O–H groups in total. The summed E-state index contributed by atoms with van der Waals surface area (Å²) in [6.45, 7) is 1.74. The van der Waals surface area contributed by atoms with Gasteiger partial charge >= 0.3 is 0 Å². The van der Waals surface area contributed by atoms with Gasteiger partial charge in [0.05, 0.1) is 4.47 Å². The van der Waals surface area contributed by atoms with E-state index in [9.17, 15) is 13.2 Å². The number of nitrogens with one attached hydrogen (secondary N) is 1. The number of hydrogen-bond donors (Lipinski definition) is 1. The molecule has 0 atom stereocenters. The van der Waals surface area contributed by atoms with Crippen molar-refractivity contribution in [1.29, 1.82) is 0 Å². The van der Waals surface area contributed by atoms with Gasteiger partial charge < -0.3 is 5.32 Å². The summed E-state index contributed by atoms with van der Waals surface area (Å²) in [7, 11) is 0. The lowest BCUT2D eigenvalue weighted by atomic mass is 10.1. The zero-order chi connectivity index (χ0) is 14.0. The van der Waals surface area contributed by atoms with Crippen LogP contribution in [0.2, 0.25) is 0 Å². The Morgan fingerprint density at radius 3 is 2.32 bits per heavy atom. The second-order valence-electron chi connectivity index (χ2n) is 4.14. The summed E-state index contributed by atoms with van der Waals surface area (Å²) >= 11 is 3.08. The highest BCUT2D eigenvalue weighted by atomic mass is 79.9. The highest BCUT2D eigenvalue weighted by molar-refractivity contribution is 9.10. The number of halogens is 4. The average Bonchev–Trinajstić information content (AvgIpc) is 2.34. The lowest BCUT2D eigenvalue weighted by Crippen LogP contribution is -2.06. The minimum absolute atomic E-state index is 0.0413. The van der Waals surface area contributed by atoms with E-state index in [4.69, 9.17) is 0 Å². The Kier molecular flexibility index (Phi) is 4.14. The van der Waals surface area contributed by atoms with Gasteiger partial charge in [0, 0.05) is 17.8 Å². The first-order chi connectivity index (χ1) is 8.99. The van der Waals surface area contributed by atoms with E-state index < -0.39 is 17.5 Å². The molecule has 100 valence electrons. The van der Waals surface area contributed by atoms with Gasteiger partial charge in [-0.05, 0) is 52.7 Å². The largest absolute Gasteiger partial charge is 0.380 e. The zero-order valence-corrected chi connectivity index (χ0v) is 11.7. The first kappa shape index (κ1) is 13.9. The van der Waals surface area contributed by atoms with E-state index in [1.165, 1.54) is 24.3 Å². The standard InChI is InChI=1S/C14H11BrF3N/c1-8-5-10(15)13(18)6-14(8)19-7-9-11(16)3-2-4-12(9)17/h2-6,19H,7H2,1H3. The Morgan fingerprint density at radius 1 is 1.05 bits per heavy atom. The number of hydrogen-bond acceptors (Lipinski definition) is 1. The number of anilines is 1. The molecule has 0 spiro atoms. The molecule has 19 heavy (non-hydrogen) atoms. The van der Waals surface area contributed by atoms with Crippen LogP contribution in [0.3, 0.4) is 0 Å². The van der Waals surface area contributed by atoms with Crippen LogP contribution in [0.4, 0.5) is 18.9 Å². The van der Waals surface area contributed by atoms with Crippen molar-refractivity contribution >= 4 is 21.6 Å². The Bertz CT molecular complexity index is 594. The SMILES string of the molecule is Cc1cc(Br)c(F)cc1NCc1c(F)cccc1F. The van der Waals surface area contributed by atoms with E-state index in [1.807, 2.05) is 0 Å². The summed E-state index contributed by atoms with van der Waals surface area (Å²) in [5.74, 6) is -1.67. The summed E-state index contributed by atoms with van der Waals surface area (Å²) in [6, 6.07) is 6.58. The summed E-state index contributed by atoms with van der Waals surface area (Å²) in [4.78, 5) is 0. The molecule has 0 heterocycles. The van der Waals surface area contributed by atoms with Crippen LogP contribution in [0.25, 0.3) is 0 Å². The Morgan fingerprint density at radius 2 is 1.68 bits per heavy atom. The van der Waals surface area contributed by atoms with Crippen LogP contribution in [-0.4, -0.2) is 0 Å². The van der Waals surface area contributed by atoms with Crippen molar-refractivity contribution in [1.82, 2.24) is 0 Å². The molecule has 0 saturated carbocycles. The summed E-state index contributed by atoms with van der Waals surface area (Å²) < 4.78 is 40.6. The molecule has 0 radical (unpaired) electrons. The third-order valence-electron chi connectivity index (χ3n) is 2.78. The van der Waals surface area contributed by atoms with E-state index in [2.05, 4.69) is 21.2 Å². The smallest absolute Gasteiger partial charge is 0.139 e. The molecule has 5 heteroatoms. The maximum Gasteiger partial charge on any atom is 0.139 e. The second-order valence-corrected chi connectivity index (χ2v) is 4.99. The third-order valence-corrected chi connectivity index (χ3v) is 3.39. The van der Waals surface area contributed by atoms with Gasteiger partial charge in [-0.15, -0.1) is 0 Å². The van der Waals surface area contributed by atoms with Crippen LogP contribution in [0.1, 0.15) is 11.1 Å². The van der Waals surface area contributed by atoms with E-state index in [0.717, 1.165) is 5.56 Å². The van der Waals surface area contributed by atoms with Gasteiger partial charge in [-0.1, -0.05) is 6.07 Å². The van der Waals surface area contributed by atoms with Crippen LogP contribution < -0.4 is 5.32 Å². The van der Waals surface area contributed by atoms with Crippen molar-refractivity contribution in [3.05, 3.63) is 63.4 Å². The van der Waals surface area contributed by atoms with Crippen molar-refractivity contribution in [2.24, 2.45) is 0 Å². The van der Waals surface area contributed by atoms with Crippen molar-refractivity contribution in [2.45, 2.75) is 13.5 Å². The first-order valence-corrected chi connectivity index (χ1v) is 6.40. The molecule has 2 rings (SSSR count). The van der Waals surface area contributed by atoms with Crippen LogP contribution >= 0.6 is 15.9 Å². The van der Waals surface area contributed by atoms with Gasteiger partial charge in [0.25, 0.3) is 0 Å². The predicted molar refractivity (Wildman–Crippen MR) is 72.5 cm³/mol. The van der Waals surface area contributed by atoms with Crippen LogP contribution in [-0.2, 0) is 6.54 Å². The fourth-order valence-corrected chi connectivity index (χ4v) is 2.18. The van der Waals surface area contributed by atoms with E-state index in [0.29, 0.717) is 10.2 Å². The maximum atomic E-state index is 13.4. The molecule has 0 bridgehead atoms. The maximum absolute atomic E-state index is 13.4. The number of rotatable bonds is 3. The van der Waals surface area contributed by atoms with Crippen LogP contribution in [0.5, 0.6) is 0 Å². The molecule has 0 saturated heterocycles. The monoisotopic (exact) mass is 329 g/mol. The van der Waals surface area contributed by atoms with Crippen molar-refractivity contribution in [3.63, 3.8) is 0 Å². The lowest BCUT2D eigenvalue weighted by Gasteiger charge is -2.11. The molecule has 0 aliphatic heterocycles. The predicted octanol–water partition coefficient (Wildman–Crippen LogP) is 4.79. The van der Waals surface area contributed by atoms with Gasteiger partial charge in [0.15, 0.2) is 0 Å². The lowest BCUT2D eigenvalue weighted by molar-refractivity contribution is 0.560. The second kappa shape index (κ2) is 5.65. The van der Waals surface area contributed by atoms with Crippen LogP contribution in [0.15, 0.2) is 34.8 Å². The molecular formula is C14H11BrF3N. The molecule has 0 fully saturated rings. The highest BCUT2D eigenvalue weighted by Crippen LogP contribution is 2.25. The van der Waals surface area contributed by atoms with Crippen molar-refractivity contribution in [3.8, 4) is 0 Å². The number of aryl methyl sites for hydroxylation is 1. The molecule has 2 aromatic rings. The number of benzene rings is 2. The van der Waals surface area contributed by atoms with E-state index in [1.54, 1.807) is 13.0 Å². The topological polar surface area (TPSA) is 12.0 Å². The molecule has 1 nitrogen and oxygen atoms in total.